The summed E-state index contributed by atoms with van der Waals surface area (Å²) in [5, 5.41) is 2.88. The summed E-state index contributed by atoms with van der Waals surface area (Å²) in [6.07, 6.45) is 1.05. The van der Waals surface area contributed by atoms with Gasteiger partial charge in [-0.05, 0) is 44.7 Å². The fourth-order valence-corrected chi connectivity index (χ4v) is 4.74. The Kier molecular flexibility index (Phi) is 7.76. The maximum absolute atomic E-state index is 13.9. The van der Waals surface area contributed by atoms with E-state index in [-0.39, 0.29) is 29.7 Å². The molecule has 1 aromatic carbocycles. The molecule has 2 N–H and O–H groups in total. The molecule has 9 heteroatoms. The Morgan fingerprint density at radius 1 is 1.10 bits per heavy atom. The fourth-order valence-electron chi connectivity index (χ4n) is 3.33. The summed E-state index contributed by atoms with van der Waals surface area (Å²) in [6.45, 7) is 8.00. The number of carbonyl (C=O) groups is 2. The van der Waals surface area contributed by atoms with Crippen molar-refractivity contribution < 1.29 is 22.4 Å². The second kappa shape index (κ2) is 9.67. The highest BCUT2D eigenvalue weighted by atomic mass is 32.2. The zero-order chi connectivity index (χ0) is 21.8. The molecule has 29 heavy (non-hydrogen) atoms. The molecule has 1 aliphatic heterocycles. The van der Waals surface area contributed by atoms with Crippen LogP contribution in [0.1, 0.15) is 40.5 Å². The van der Waals surface area contributed by atoms with Gasteiger partial charge in [0.05, 0.1) is 0 Å². The van der Waals surface area contributed by atoms with Crippen LogP contribution in [0.25, 0.3) is 0 Å². The van der Waals surface area contributed by atoms with Gasteiger partial charge < -0.3 is 10.2 Å². The lowest BCUT2D eigenvalue weighted by Gasteiger charge is -2.35. The Morgan fingerprint density at radius 2 is 1.69 bits per heavy atom. The number of hydrogen-bond donors (Lipinski definition) is 2. The molecule has 0 spiro atoms. The minimum Gasteiger partial charge on any atom is -0.354 e. The molecule has 1 aliphatic rings. The zero-order valence-corrected chi connectivity index (χ0v) is 18.1. The van der Waals surface area contributed by atoms with Gasteiger partial charge in [-0.3, -0.25) is 9.59 Å². The average Bonchev–Trinajstić information content (AvgIpc) is 2.65. The number of piperidine rings is 1. The van der Waals surface area contributed by atoms with E-state index < -0.39 is 26.8 Å². The van der Waals surface area contributed by atoms with Crippen LogP contribution in [-0.2, 0) is 19.6 Å². The van der Waals surface area contributed by atoms with Crippen molar-refractivity contribution in [1.29, 1.82) is 0 Å². The summed E-state index contributed by atoms with van der Waals surface area (Å²) in [7, 11) is -4.19. The minimum absolute atomic E-state index is 0.0206. The lowest BCUT2D eigenvalue weighted by Crippen LogP contribution is -2.53. The second-order valence-electron chi connectivity index (χ2n) is 8.04. The first-order chi connectivity index (χ1) is 13.5. The number of rotatable bonds is 7. The Hall–Kier alpha value is -2.00. The molecule has 0 bridgehead atoms. The summed E-state index contributed by atoms with van der Waals surface area (Å²) in [4.78, 5) is 26.2. The molecule has 1 aromatic rings. The zero-order valence-electron chi connectivity index (χ0n) is 17.3. The van der Waals surface area contributed by atoms with Gasteiger partial charge in [-0.1, -0.05) is 26.0 Å². The number of nitrogens with zero attached hydrogens (tertiary/aromatic N) is 1. The Morgan fingerprint density at radius 3 is 2.21 bits per heavy atom. The molecule has 2 amide bonds. The van der Waals surface area contributed by atoms with Gasteiger partial charge >= 0.3 is 0 Å². The van der Waals surface area contributed by atoms with Crippen molar-refractivity contribution in [2.45, 2.75) is 57.5 Å². The predicted octanol–water partition coefficient (Wildman–Crippen LogP) is 1.89. The van der Waals surface area contributed by atoms with Crippen LogP contribution >= 0.6 is 0 Å². The Labute approximate surface area is 172 Å². The van der Waals surface area contributed by atoms with E-state index in [9.17, 15) is 22.4 Å². The Balaban J connectivity index is 2.07. The first-order valence-electron chi connectivity index (χ1n) is 9.89. The van der Waals surface area contributed by atoms with Gasteiger partial charge in [-0.15, -0.1) is 0 Å². The van der Waals surface area contributed by atoms with Crippen LogP contribution in [0.15, 0.2) is 29.2 Å². The summed E-state index contributed by atoms with van der Waals surface area (Å²) in [6, 6.07) is 4.10. The number of carbonyl (C=O) groups excluding carboxylic acids is 2. The van der Waals surface area contributed by atoms with E-state index in [4.69, 9.17) is 0 Å². The third kappa shape index (κ3) is 5.99. The number of likely N-dealkylation sites (tertiary alicyclic amines) is 1. The maximum Gasteiger partial charge on any atom is 0.244 e. The summed E-state index contributed by atoms with van der Waals surface area (Å²) in [5.74, 6) is -1.73. The smallest absolute Gasteiger partial charge is 0.244 e. The molecule has 0 aromatic heterocycles. The van der Waals surface area contributed by atoms with Crippen molar-refractivity contribution in [2.24, 2.45) is 11.8 Å². The third-order valence-electron chi connectivity index (χ3n) is 4.95. The van der Waals surface area contributed by atoms with Crippen molar-refractivity contribution in [3.63, 3.8) is 0 Å². The topological polar surface area (TPSA) is 95.6 Å². The van der Waals surface area contributed by atoms with Gasteiger partial charge in [0.1, 0.15) is 16.8 Å². The molecule has 0 saturated carbocycles. The highest BCUT2D eigenvalue weighted by Gasteiger charge is 2.35. The largest absolute Gasteiger partial charge is 0.354 e. The van der Waals surface area contributed by atoms with Crippen LogP contribution < -0.4 is 10.0 Å². The molecule has 162 valence electrons. The average molecular weight is 428 g/mol. The van der Waals surface area contributed by atoms with E-state index in [0.717, 1.165) is 6.07 Å². The molecule has 0 radical (unpaired) electrons. The second-order valence-corrected chi connectivity index (χ2v) is 9.72. The number of amides is 2. The molecule has 1 saturated heterocycles. The highest BCUT2D eigenvalue weighted by molar-refractivity contribution is 7.89. The van der Waals surface area contributed by atoms with Crippen LogP contribution in [0, 0.1) is 17.7 Å². The summed E-state index contributed by atoms with van der Waals surface area (Å²) < 4.78 is 41.6. The normalized spacial score (nSPS) is 16.9. The van der Waals surface area contributed by atoms with Crippen molar-refractivity contribution in [2.75, 3.05) is 13.1 Å². The van der Waals surface area contributed by atoms with Crippen LogP contribution in [0.2, 0.25) is 0 Å². The van der Waals surface area contributed by atoms with E-state index in [1.54, 1.807) is 18.7 Å². The van der Waals surface area contributed by atoms with E-state index in [2.05, 4.69) is 10.0 Å². The summed E-state index contributed by atoms with van der Waals surface area (Å²) in [5.41, 5.74) is 0. The highest BCUT2D eigenvalue weighted by Crippen LogP contribution is 2.21. The van der Waals surface area contributed by atoms with Crippen LogP contribution in [0.5, 0.6) is 0 Å². The molecule has 0 unspecified atom stereocenters. The van der Waals surface area contributed by atoms with E-state index in [1.807, 2.05) is 13.8 Å². The number of nitrogens with one attached hydrogen (secondary N) is 2. The lowest BCUT2D eigenvalue weighted by molar-refractivity contribution is -0.138. The minimum atomic E-state index is -4.19. The first-order valence-corrected chi connectivity index (χ1v) is 11.4. The predicted molar refractivity (Wildman–Crippen MR) is 108 cm³/mol. The molecule has 0 aliphatic carbocycles. The van der Waals surface area contributed by atoms with Crippen molar-refractivity contribution >= 4 is 21.8 Å². The van der Waals surface area contributed by atoms with Gasteiger partial charge in [-0.2, -0.15) is 4.72 Å². The fraction of sp³-hybridized carbons (Fsp3) is 0.600. The summed E-state index contributed by atoms with van der Waals surface area (Å²) >= 11 is 0. The van der Waals surface area contributed by atoms with Gasteiger partial charge in [0.15, 0.2) is 0 Å². The van der Waals surface area contributed by atoms with Gasteiger partial charge in [0, 0.05) is 25.0 Å². The molecule has 1 fully saturated rings. The van der Waals surface area contributed by atoms with Gasteiger partial charge in [0.25, 0.3) is 0 Å². The van der Waals surface area contributed by atoms with Crippen LogP contribution in [-0.4, -0.2) is 50.3 Å². The van der Waals surface area contributed by atoms with Crippen molar-refractivity contribution in [1.82, 2.24) is 14.9 Å². The molecular formula is C20H30FN3O4S. The maximum atomic E-state index is 13.9. The number of hydrogen-bond acceptors (Lipinski definition) is 4. The van der Waals surface area contributed by atoms with E-state index >= 15 is 0 Å². The van der Waals surface area contributed by atoms with Crippen molar-refractivity contribution in [3.8, 4) is 0 Å². The molecule has 2 rings (SSSR count). The SMILES string of the molecule is CC(C)NC(=O)C1CCN(C(=O)[C@@H](NS(=O)(=O)c2ccccc2F)C(C)C)CC1. The molecule has 1 atom stereocenters. The van der Waals surface area contributed by atoms with E-state index in [1.165, 1.54) is 18.2 Å². The Bertz CT molecular complexity index is 834. The quantitative estimate of drug-likeness (QED) is 0.695. The molecule has 7 nitrogen and oxygen atoms in total. The standard InChI is InChI=1S/C20H30FN3O4S/c1-13(2)18(23-29(27,28)17-8-6-5-7-16(17)21)20(26)24-11-9-15(10-12-24)19(25)22-14(3)4/h5-8,13-15,18,23H,9-12H2,1-4H3,(H,22,25)/t18-/m0/s1. The van der Waals surface area contributed by atoms with Crippen LogP contribution in [0.3, 0.4) is 0 Å². The number of benzene rings is 1. The van der Waals surface area contributed by atoms with Gasteiger partial charge in [0.2, 0.25) is 21.8 Å². The first kappa shape index (κ1) is 23.3. The molecule has 1 heterocycles. The number of halogens is 1. The lowest BCUT2D eigenvalue weighted by atomic mass is 9.94. The number of sulfonamides is 1. The van der Waals surface area contributed by atoms with Crippen LogP contribution in [0.4, 0.5) is 4.39 Å². The van der Waals surface area contributed by atoms with E-state index in [0.29, 0.717) is 25.9 Å². The monoisotopic (exact) mass is 427 g/mol. The van der Waals surface area contributed by atoms with Crippen molar-refractivity contribution in [3.05, 3.63) is 30.1 Å². The van der Waals surface area contributed by atoms with Gasteiger partial charge in [-0.25, -0.2) is 12.8 Å². The third-order valence-corrected chi connectivity index (χ3v) is 6.42. The molecular weight excluding hydrogens is 397 g/mol.